The molecule has 0 heteroatoms. The zero-order valence-electron chi connectivity index (χ0n) is 23.3. The summed E-state index contributed by atoms with van der Waals surface area (Å²) in [5, 5.41) is 0. The maximum Gasteiger partial charge on any atom is 0.0255 e. The highest BCUT2D eigenvalue weighted by Crippen LogP contribution is 2.13. The molecule has 0 fully saturated rings. The van der Waals surface area contributed by atoms with Crippen LogP contribution in [-0.2, 0) is 12.8 Å². The smallest absolute Gasteiger partial charge is 0.0255 e. The highest BCUT2D eigenvalue weighted by molar-refractivity contribution is 5.45. The van der Waals surface area contributed by atoms with Gasteiger partial charge in [0.25, 0.3) is 0 Å². The molecule has 0 radical (unpaired) electrons. The first-order chi connectivity index (χ1) is 17.8. The normalized spacial score (nSPS) is 10.4. The summed E-state index contributed by atoms with van der Waals surface area (Å²) in [7, 11) is 0. The van der Waals surface area contributed by atoms with Crippen molar-refractivity contribution in [3.63, 3.8) is 0 Å². The van der Waals surface area contributed by atoms with Crippen LogP contribution in [-0.4, -0.2) is 0 Å². The Morgan fingerprint density at radius 3 is 1.03 bits per heavy atom. The van der Waals surface area contributed by atoms with Crippen molar-refractivity contribution in [1.82, 2.24) is 0 Å². The van der Waals surface area contributed by atoms with Crippen LogP contribution < -0.4 is 0 Å². The molecule has 0 heterocycles. The van der Waals surface area contributed by atoms with E-state index in [-0.39, 0.29) is 0 Å². The van der Waals surface area contributed by atoms with Crippen molar-refractivity contribution < 1.29 is 0 Å². The summed E-state index contributed by atoms with van der Waals surface area (Å²) in [5.74, 6) is 12.4. The first-order valence-electron chi connectivity index (χ1n) is 15.0. The largest absolute Gasteiger partial charge is 0.0654 e. The zero-order valence-corrected chi connectivity index (χ0v) is 23.3. The standard InChI is InChI=1S/C36H50/c1-3-5-7-9-11-13-15-17-21-33-25-29-35(30-26-33)23-19-20-24-36-31-27-34(28-32-36)22-18-16-14-12-10-8-6-4-2/h25-32H,3-18,21-22H2,1-2H3. The Balaban J connectivity index is 1.62. The molecule has 0 aromatic heterocycles. The first kappa shape index (κ1) is 29.8. The number of benzene rings is 2. The highest BCUT2D eigenvalue weighted by atomic mass is 14.0. The predicted molar refractivity (Wildman–Crippen MR) is 159 cm³/mol. The van der Waals surface area contributed by atoms with Crippen LogP contribution in [0, 0.1) is 23.7 Å². The second kappa shape index (κ2) is 20.7. The minimum atomic E-state index is 1.05. The molecule has 0 nitrogen and oxygen atoms in total. The van der Waals surface area contributed by atoms with Crippen LogP contribution in [0.5, 0.6) is 0 Å². The van der Waals surface area contributed by atoms with Crippen LogP contribution in [0.1, 0.15) is 139 Å². The van der Waals surface area contributed by atoms with Gasteiger partial charge in [-0.1, -0.05) is 140 Å². The number of hydrogen-bond donors (Lipinski definition) is 0. The quantitative estimate of drug-likeness (QED) is 0.146. The van der Waals surface area contributed by atoms with E-state index in [9.17, 15) is 0 Å². The van der Waals surface area contributed by atoms with Gasteiger partial charge in [-0.05, 0) is 72.9 Å². The molecule has 2 aromatic carbocycles. The fourth-order valence-electron chi connectivity index (χ4n) is 4.64. The summed E-state index contributed by atoms with van der Waals surface area (Å²) >= 11 is 0. The van der Waals surface area contributed by atoms with Gasteiger partial charge in [-0.25, -0.2) is 0 Å². The number of rotatable bonds is 18. The van der Waals surface area contributed by atoms with Crippen molar-refractivity contribution in [2.75, 3.05) is 0 Å². The van der Waals surface area contributed by atoms with Crippen LogP contribution in [0.25, 0.3) is 0 Å². The van der Waals surface area contributed by atoms with Gasteiger partial charge in [0, 0.05) is 11.1 Å². The molecule has 0 aliphatic heterocycles. The van der Waals surface area contributed by atoms with Gasteiger partial charge in [0.2, 0.25) is 0 Å². The maximum absolute atomic E-state index is 3.19. The van der Waals surface area contributed by atoms with Crippen LogP contribution in [0.4, 0.5) is 0 Å². The predicted octanol–water partition coefficient (Wildman–Crippen LogP) is 10.5. The molecule has 0 atom stereocenters. The molecule has 0 aliphatic rings. The summed E-state index contributed by atoms with van der Waals surface area (Å²) in [6, 6.07) is 17.4. The van der Waals surface area contributed by atoms with E-state index >= 15 is 0 Å². The monoisotopic (exact) mass is 482 g/mol. The lowest BCUT2D eigenvalue weighted by Gasteiger charge is -2.03. The Morgan fingerprint density at radius 1 is 0.389 bits per heavy atom. The van der Waals surface area contributed by atoms with E-state index in [1.165, 1.54) is 127 Å². The second-order valence-electron chi connectivity index (χ2n) is 10.3. The lowest BCUT2D eigenvalue weighted by Crippen LogP contribution is -1.87. The van der Waals surface area contributed by atoms with E-state index in [0.717, 1.165) is 11.1 Å². The fraction of sp³-hybridized carbons (Fsp3) is 0.556. The maximum atomic E-state index is 3.19. The molecule has 0 saturated carbocycles. The third-order valence-electron chi connectivity index (χ3n) is 7.02. The fourth-order valence-corrected chi connectivity index (χ4v) is 4.64. The third-order valence-corrected chi connectivity index (χ3v) is 7.02. The average molecular weight is 483 g/mol. The van der Waals surface area contributed by atoms with Crippen molar-refractivity contribution in [2.45, 2.75) is 129 Å². The summed E-state index contributed by atoms with van der Waals surface area (Å²) in [4.78, 5) is 0. The Bertz CT molecular complexity index is 829. The molecule has 0 unspecified atom stereocenters. The van der Waals surface area contributed by atoms with Gasteiger partial charge in [-0.3, -0.25) is 0 Å². The topological polar surface area (TPSA) is 0 Å². The Morgan fingerprint density at radius 2 is 0.694 bits per heavy atom. The van der Waals surface area contributed by atoms with Gasteiger partial charge in [0.05, 0.1) is 0 Å². The number of aryl methyl sites for hydroxylation is 2. The molecule has 0 amide bonds. The molecule has 0 bridgehead atoms. The zero-order chi connectivity index (χ0) is 25.5. The molecular weight excluding hydrogens is 432 g/mol. The molecule has 2 rings (SSSR count). The van der Waals surface area contributed by atoms with E-state index < -0.39 is 0 Å². The highest BCUT2D eigenvalue weighted by Gasteiger charge is 1.97. The lowest BCUT2D eigenvalue weighted by molar-refractivity contribution is 0.575. The van der Waals surface area contributed by atoms with Gasteiger partial charge < -0.3 is 0 Å². The summed E-state index contributed by atoms with van der Waals surface area (Å²) in [6.07, 6.45) is 24.3. The van der Waals surface area contributed by atoms with E-state index in [0.29, 0.717) is 0 Å². The van der Waals surface area contributed by atoms with E-state index in [4.69, 9.17) is 0 Å². The summed E-state index contributed by atoms with van der Waals surface area (Å²) < 4.78 is 0. The van der Waals surface area contributed by atoms with Gasteiger partial charge >= 0.3 is 0 Å². The minimum Gasteiger partial charge on any atom is -0.0654 e. The molecular formula is C36H50. The van der Waals surface area contributed by atoms with Crippen LogP contribution in [0.3, 0.4) is 0 Å². The van der Waals surface area contributed by atoms with Crippen molar-refractivity contribution >= 4 is 0 Å². The van der Waals surface area contributed by atoms with E-state index in [1.807, 2.05) is 0 Å². The number of unbranched alkanes of at least 4 members (excludes halogenated alkanes) is 14. The van der Waals surface area contributed by atoms with Gasteiger partial charge in [-0.15, -0.1) is 0 Å². The molecule has 0 saturated heterocycles. The SMILES string of the molecule is CCCCCCCCCCc1ccc(C#CC#Cc2ccc(CCCCCCCCCC)cc2)cc1. The number of hydrogen-bond acceptors (Lipinski definition) is 0. The van der Waals surface area contributed by atoms with E-state index in [1.54, 1.807) is 0 Å². The van der Waals surface area contributed by atoms with Crippen LogP contribution in [0.2, 0.25) is 0 Å². The third kappa shape index (κ3) is 14.8. The molecule has 194 valence electrons. The van der Waals surface area contributed by atoms with Crippen molar-refractivity contribution in [2.24, 2.45) is 0 Å². The Labute approximate surface area is 223 Å². The van der Waals surface area contributed by atoms with Gasteiger partial charge in [-0.2, -0.15) is 0 Å². The lowest BCUT2D eigenvalue weighted by atomic mass is 10.0. The Kier molecular flexibility index (Phi) is 17.1. The first-order valence-corrected chi connectivity index (χ1v) is 15.0. The van der Waals surface area contributed by atoms with E-state index in [2.05, 4.69) is 86.1 Å². The van der Waals surface area contributed by atoms with Crippen molar-refractivity contribution in [1.29, 1.82) is 0 Å². The molecule has 36 heavy (non-hydrogen) atoms. The second-order valence-corrected chi connectivity index (χ2v) is 10.3. The Hall–Kier alpha value is -2.44. The average Bonchev–Trinajstić information content (AvgIpc) is 2.91. The van der Waals surface area contributed by atoms with Gasteiger partial charge in [0.15, 0.2) is 0 Å². The summed E-state index contributed by atoms with van der Waals surface area (Å²) in [5.41, 5.74) is 4.93. The van der Waals surface area contributed by atoms with Crippen molar-refractivity contribution in [3.05, 3.63) is 70.8 Å². The molecule has 2 aromatic rings. The molecule has 0 aliphatic carbocycles. The van der Waals surface area contributed by atoms with Crippen LogP contribution in [0.15, 0.2) is 48.5 Å². The van der Waals surface area contributed by atoms with Gasteiger partial charge in [0.1, 0.15) is 0 Å². The minimum absolute atomic E-state index is 1.05. The van der Waals surface area contributed by atoms with Crippen molar-refractivity contribution in [3.8, 4) is 23.7 Å². The molecule has 0 spiro atoms. The van der Waals surface area contributed by atoms with Crippen LogP contribution >= 0.6 is 0 Å². The summed E-state index contributed by atoms with van der Waals surface area (Å²) in [6.45, 7) is 4.56. The molecule has 0 N–H and O–H groups in total.